The van der Waals surface area contributed by atoms with Crippen LogP contribution in [0.4, 0.5) is 0 Å². The Labute approximate surface area is 86.4 Å². The minimum atomic E-state index is -0.111. The van der Waals surface area contributed by atoms with Crippen LogP contribution < -0.4 is 0 Å². The van der Waals surface area contributed by atoms with Crippen molar-refractivity contribution >= 4 is 5.97 Å². The first-order valence-corrected chi connectivity index (χ1v) is 5.55. The number of methoxy groups -OCH3 is 1. The van der Waals surface area contributed by atoms with E-state index in [2.05, 4.69) is 16.6 Å². The molecule has 0 aliphatic carbocycles. The number of carbonyl (C=O) groups is 1. The van der Waals surface area contributed by atoms with Crippen molar-refractivity contribution in [3.05, 3.63) is 0 Å². The summed E-state index contributed by atoms with van der Waals surface area (Å²) in [6.45, 7) is 4.81. The normalized spacial score (nSPS) is 24.3. The van der Waals surface area contributed by atoms with Crippen LogP contribution >= 0.6 is 0 Å². The minimum Gasteiger partial charge on any atom is -0.468 e. The summed E-state index contributed by atoms with van der Waals surface area (Å²) in [5, 5.41) is 0. The Balaban J connectivity index is 2.30. The average molecular weight is 199 g/mol. The number of nitrogens with zero attached hydrogens (tertiary/aromatic N) is 1. The van der Waals surface area contributed by atoms with Gasteiger partial charge in [0.25, 0.3) is 0 Å². The van der Waals surface area contributed by atoms with Crippen molar-refractivity contribution < 1.29 is 9.53 Å². The fourth-order valence-corrected chi connectivity index (χ4v) is 2.04. The van der Waals surface area contributed by atoms with E-state index in [-0.39, 0.29) is 5.97 Å². The smallest absolute Gasteiger partial charge is 0.319 e. The Morgan fingerprint density at radius 3 is 2.86 bits per heavy atom. The predicted molar refractivity (Wildman–Crippen MR) is 56.1 cm³/mol. The van der Waals surface area contributed by atoms with Crippen LogP contribution in [-0.2, 0) is 9.53 Å². The van der Waals surface area contributed by atoms with Crippen LogP contribution in [0.25, 0.3) is 0 Å². The number of esters is 1. The molecule has 1 aliphatic heterocycles. The van der Waals surface area contributed by atoms with Gasteiger partial charge in [-0.05, 0) is 38.3 Å². The summed E-state index contributed by atoms with van der Waals surface area (Å²) in [5.41, 5.74) is 0. The van der Waals surface area contributed by atoms with Crippen LogP contribution in [-0.4, -0.2) is 37.6 Å². The van der Waals surface area contributed by atoms with Crippen LogP contribution in [0.1, 0.15) is 32.6 Å². The van der Waals surface area contributed by atoms with Gasteiger partial charge in [0.1, 0.15) is 0 Å². The first kappa shape index (κ1) is 11.5. The minimum absolute atomic E-state index is 0.111. The molecule has 0 aromatic carbocycles. The summed E-state index contributed by atoms with van der Waals surface area (Å²) < 4.78 is 4.67. The Kier molecular flexibility index (Phi) is 4.94. The molecule has 1 atom stereocenters. The number of hydrogen-bond acceptors (Lipinski definition) is 3. The van der Waals surface area contributed by atoms with Gasteiger partial charge in [0.05, 0.1) is 13.7 Å². The maximum Gasteiger partial charge on any atom is 0.319 e. The summed E-state index contributed by atoms with van der Waals surface area (Å²) in [6.07, 6.45) is 5.03. The molecule has 0 saturated carbocycles. The number of carbonyl (C=O) groups excluding carboxylic acids is 1. The number of rotatable bonds is 3. The summed E-state index contributed by atoms with van der Waals surface area (Å²) in [7, 11) is 1.45. The van der Waals surface area contributed by atoms with Crippen molar-refractivity contribution in [2.75, 3.05) is 26.7 Å². The summed E-state index contributed by atoms with van der Waals surface area (Å²) in [4.78, 5) is 13.3. The van der Waals surface area contributed by atoms with E-state index in [0.717, 1.165) is 19.0 Å². The lowest BCUT2D eigenvalue weighted by atomic mass is 9.98. The molecular weight excluding hydrogens is 178 g/mol. The van der Waals surface area contributed by atoms with Crippen molar-refractivity contribution in [2.45, 2.75) is 32.6 Å². The topological polar surface area (TPSA) is 29.5 Å². The molecule has 1 heterocycles. The predicted octanol–water partition coefficient (Wildman–Crippen LogP) is 1.67. The second-order valence-electron chi connectivity index (χ2n) is 4.06. The Bertz CT molecular complexity index is 182. The summed E-state index contributed by atoms with van der Waals surface area (Å²) in [5.74, 6) is 0.748. The summed E-state index contributed by atoms with van der Waals surface area (Å²) >= 11 is 0. The molecule has 1 fully saturated rings. The Morgan fingerprint density at radius 2 is 2.21 bits per heavy atom. The average Bonchev–Trinajstić information content (AvgIpc) is 2.43. The van der Waals surface area contributed by atoms with Crippen molar-refractivity contribution in [1.29, 1.82) is 0 Å². The maximum absolute atomic E-state index is 11.1. The number of likely N-dealkylation sites (tertiary alicyclic amines) is 1. The van der Waals surface area contributed by atoms with Gasteiger partial charge >= 0.3 is 5.97 Å². The first-order valence-electron chi connectivity index (χ1n) is 5.55. The maximum atomic E-state index is 11.1. The quantitative estimate of drug-likeness (QED) is 0.648. The van der Waals surface area contributed by atoms with Gasteiger partial charge in [-0.25, -0.2) is 0 Å². The third-order valence-electron chi connectivity index (χ3n) is 3.10. The van der Waals surface area contributed by atoms with Gasteiger partial charge in [-0.15, -0.1) is 0 Å². The molecule has 1 rings (SSSR count). The number of ether oxygens (including phenoxy) is 1. The van der Waals surface area contributed by atoms with Gasteiger partial charge in [-0.3, -0.25) is 9.69 Å². The van der Waals surface area contributed by atoms with Crippen LogP contribution in [0, 0.1) is 5.92 Å². The molecule has 0 N–H and O–H groups in total. The lowest BCUT2D eigenvalue weighted by Crippen LogP contribution is -2.31. The Morgan fingerprint density at radius 1 is 1.43 bits per heavy atom. The van der Waals surface area contributed by atoms with E-state index in [0.29, 0.717) is 6.54 Å². The molecule has 1 unspecified atom stereocenters. The molecule has 0 spiro atoms. The van der Waals surface area contributed by atoms with Crippen molar-refractivity contribution in [3.8, 4) is 0 Å². The van der Waals surface area contributed by atoms with E-state index < -0.39 is 0 Å². The second kappa shape index (κ2) is 6.02. The molecule has 3 heteroatoms. The largest absolute Gasteiger partial charge is 0.468 e. The zero-order chi connectivity index (χ0) is 10.4. The second-order valence-corrected chi connectivity index (χ2v) is 4.06. The third kappa shape index (κ3) is 3.66. The fraction of sp³-hybridized carbons (Fsp3) is 0.909. The molecule has 0 radical (unpaired) electrons. The van der Waals surface area contributed by atoms with Crippen LogP contribution in [0.5, 0.6) is 0 Å². The van der Waals surface area contributed by atoms with Crippen LogP contribution in [0.15, 0.2) is 0 Å². The monoisotopic (exact) mass is 199 g/mol. The van der Waals surface area contributed by atoms with E-state index in [9.17, 15) is 4.79 Å². The molecule has 14 heavy (non-hydrogen) atoms. The van der Waals surface area contributed by atoms with E-state index in [4.69, 9.17) is 0 Å². The van der Waals surface area contributed by atoms with Crippen LogP contribution in [0.3, 0.4) is 0 Å². The van der Waals surface area contributed by atoms with Gasteiger partial charge in [-0.2, -0.15) is 0 Å². The van der Waals surface area contributed by atoms with Crippen molar-refractivity contribution in [1.82, 2.24) is 4.90 Å². The first-order chi connectivity index (χ1) is 6.76. The van der Waals surface area contributed by atoms with Gasteiger partial charge < -0.3 is 4.74 Å². The van der Waals surface area contributed by atoms with Crippen molar-refractivity contribution in [3.63, 3.8) is 0 Å². The highest BCUT2D eigenvalue weighted by Gasteiger charge is 2.17. The SMILES string of the molecule is CCC1CCCN(CC(=O)OC)CC1. The lowest BCUT2D eigenvalue weighted by Gasteiger charge is -2.18. The highest BCUT2D eigenvalue weighted by molar-refractivity contribution is 5.71. The third-order valence-corrected chi connectivity index (χ3v) is 3.10. The highest BCUT2D eigenvalue weighted by Crippen LogP contribution is 2.19. The highest BCUT2D eigenvalue weighted by atomic mass is 16.5. The van der Waals surface area contributed by atoms with E-state index >= 15 is 0 Å². The molecule has 0 amide bonds. The standard InChI is InChI=1S/C11H21NO2/c1-3-10-5-4-7-12(8-6-10)9-11(13)14-2/h10H,3-9H2,1-2H3. The number of hydrogen-bond donors (Lipinski definition) is 0. The Hall–Kier alpha value is -0.570. The zero-order valence-corrected chi connectivity index (χ0v) is 9.29. The molecule has 0 aromatic heterocycles. The molecule has 1 aliphatic rings. The molecule has 82 valence electrons. The molecule has 0 aromatic rings. The summed E-state index contributed by atoms with van der Waals surface area (Å²) in [6, 6.07) is 0. The molecule has 1 saturated heterocycles. The van der Waals surface area contributed by atoms with Crippen LogP contribution in [0.2, 0.25) is 0 Å². The molecule has 3 nitrogen and oxygen atoms in total. The van der Waals surface area contributed by atoms with Gasteiger partial charge in [0.15, 0.2) is 0 Å². The lowest BCUT2D eigenvalue weighted by molar-refractivity contribution is -0.141. The van der Waals surface area contributed by atoms with E-state index in [1.54, 1.807) is 0 Å². The fourth-order valence-electron chi connectivity index (χ4n) is 2.04. The van der Waals surface area contributed by atoms with Gasteiger partial charge in [0, 0.05) is 0 Å². The zero-order valence-electron chi connectivity index (χ0n) is 9.29. The van der Waals surface area contributed by atoms with E-state index in [1.165, 1.54) is 32.8 Å². The van der Waals surface area contributed by atoms with Gasteiger partial charge in [0.2, 0.25) is 0 Å². The van der Waals surface area contributed by atoms with Crippen molar-refractivity contribution in [2.24, 2.45) is 5.92 Å². The molecule has 0 bridgehead atoms. The van der Waals surface area contributed by atoms with E-state index in [1.807, 2.05) is 0 Å². The molecular formula is C11H21NO2. The van der Waals surface area contributed by atoms with Gasteiger partial charge in [-0.1, -0.05) is 13.3 Å².